The monoisotopic (exact) mass is 334 g/mol. The lowest BCUT2D eigenvalue weighted by Gasteiger charge is -2.48. The molecule has 1 N–H and O–H groups in total. The summed E-state index contributed by atoms with van der Waals surface area (Å²) >= 11 is 1.74. The first-order valence-corrected chi connectivity index (χ1v) is 10.2. The van der Waals surface area contributed by atoms with Crippen molar-refractivity contribution in [2.45, 2.75) is 69.7 Å². The molecule has 0 spiro atoms. The van der Waals surface area contributed by atoms with E-state index in [2.05, 4.69) is 27.7 Å². The molecule has 1 amide bonds. The van der Waals surface area contributed by atoms with Crippen LogP contribution in [-0.2, 0) is 11.2 Å². The lowest BCUT2D eigenvalue weighted by atomic mass is 9.79. The fraction of sp³-hybridized carbons (Fsp3) is 0.737. The number of amides is 1. The van der Waals surface area contributed by atoms with Crippen molar-refractivity contribution in [2.24, 2.45) is 0 Å². The molecule has 128 valence electrons. The Labute approximate surface area is 144 Å². The summed E-state index contributed by atoms with van der Waals surface area (Å²) in [6.45, 7) is 3.31. The molecule has 2 heterocycles. The Morgan fingerprint density at radius 2 is 1.87 bits per heavy atom. The molecule has 0 unspecified atom stereocenters. The summed E-state index contributed by atoms with van der Waals surface area (Å²) in [4.78, 5) is 16.3. The van der Waals surface area contributed by atoms with Gasteiger partial charge in [0.15, 0.2) is 0 Å². The van der Waals surface area contributed by atoms with E-state index in [0.29, 0.717) is 6.42 Å². The molecule has 1 aromatic heterocycles. The number of hydrogen-bond acceptors (Lipinski definition) is 3. The number of carbonyl (C=O) groups is 1. The minimum absolute atomic E-state index is 0.223. The lowest BCUT2D eigenvalue weighted by Crippen LogP contribution is -2.58. The molecule has 1 saturated heterocycles. The molecule has 0 atom stereocenters. The minimum atomic E-state index is 0.223. The van der Waals surface area contributed by atoms with Crippen molar-refractivity contribution in [3.05, 3.63) is 22.4 Å². The molecule has 1 aromatic rings. The molecule has 1 aliphatic heterocycles. The normalized spacial score (nSPS) is 21.9. The van der Waals surface area contributed by atoms with E-state index in [0.717, 1.165) is 13.0 Å². The van der Waals surface area contributed by atoms with Crippen molar-refractivity contribution in [1.82, 2.24) is 10.2 Å². The van der Waals surface area contributed by atoms with Crippen LogP contribution in [0.4, 0.5) is 0 Å². The maximum atomic E-state index is 12.3. The zero-order valence-corrected chi connectivity index (χ0v) is 15.0. The van der Waals surface area contributed by atoms with Crippen LogP contribution in [-0.4, -0.2) is 36.0 Å². The minimum Gasteiger partial charge on any atom is -0.354 e. The predicted octanol–water partition coefficient (Wildman–Crippen LogP) is 3.99. The standard InChI is InChI=1S/C19H30N2OS/c22-18(10-9-17-8-7-15-23-17)20-16-19(11-3-1-4-12-19)21-13-5-2-6-14-21/h7-8,15H,1-6,9-14,16H2,(H,20,22). The van der Waals surface area contributed by atoms with Gasteiger partial charge in [-0.1, -0.05) is 31.7 Å². The number of nitrogens with one attached hydrogen (secondary N) is 1. The van der Waals surface area contributed by atoms with E-state index in [1.807, 2.05) is 0 Å². The van der Waals surface area contributed by atoms with E-state index in [4.69, 9.17) is 0 Å². The largest absolute Gasteiger partial charge is 0.354 e. The quantitative estimate of drug-likeness (QED) is 0.853. The van der Waals surface area contributed by atoms with Crippen LogP contribution in [0, 0.1) is 0 Å². The van der Waals surface area contributed by atoms with E-state index < -0.39 is 0 Å². The van der Waals surface area contributed by atoms with Gasteiger partial charge in [-0.25, -0.2) is 0 Å². The molecule has 0 radical (unpaired) electrons. The molecule has 23 heavy (non-hydrogen) atoms. The Kier molecular flexibility index (Phi) is 6.12. The number of piperidine rings is 1. The smallest absolute Gasteiger partial charge is 0.220 e. The van der Waals surface area contributed by atoms with E-state index in [-0.39, 0.29) is 11.4 Å². The molecule has 3 rings (SSSR count). The maximum absolute atomic E-state index is 12.3. The Hall–Kier alpha value is -0.870. The highest BCUT2D eigenvalue weighted by atomic mass is 32.1. The van der Waals surface area contributed by atoms with Crippen LogP contribution in [0.25, 0.3) is 0 Å². The topological polar surface area (TPSA) is 32.3 Å². The fourth-order valence-electron chi connectivity index (χ4n) is 4.23. The average molecular weight is 335 g/mol. The van der Waals surface area contributed by atoms with Crippen LogP contribution >= 0.6 is 11.3 Å². The first-order chi connectivity index (χ1) is 11.3. The van der Waals surface area contributed by atoms with E-state index >= 15 is 0 Å². The van der Waals surface area contributed by atoms with Crippen molar-refractivity contribution in [1.29, 1.82) is 0 Å². The van der Waals surface area contributed by atoms with Gasteiger partial charge in [0.05, 0.1) is 0 Å². The number of aryl methyl sites for hydroxylation is 1. The van der Waals surface area contributed by atoms with Crippen molar-refractivity contribution in [3.8, 4) is 0 Å². The van der Waals surface area contributed by atoms with Crippen molar-refractivity contribution >= 4 is 17.2 Å². The van der Waals surface area contributed by atoms with Gasteiger partial charge in [-0.3, -0.25) is 9.69 Å². The van der Waals surface area contributed by atoms with Gasteiger partial charge in [0.25, 0.3) is 0 Å². The molecule has 0 aromatic carbocycles. The molecular weight excluding hydrogens is 304 g/mol. The Bertz CT molecular complexity index is 474. The molecule has 2 fully saturated rings. The summed E-state index contributed by atoms with van der Waals surface area (Å²) in [5, 5.41) is 5.36. The van der Waals surface area contributed by atoms with Gasteiger partial charge in [0.2, 0.25) is 5.91 Å². The third kappa shape index (κ3) is 4.57. The number of likely N-dealkylation sites (tertiary alicyclic amines) is 1. The second-order valence-corrected chi connectivity index (χ2v) is 8.22. The lowest BCUT2D eigenvalue weighted by molar-refractivity contribution is -0.122. The van der Waals surface area contributed by atoms with Crippen LogP contribution < -0.4 is 5.32 Å². The number of rotatable bonds is 6. The molecule has 2 aliphatic rings. The second kappa shape index (κ2) is 8.29. The van der Waals surface area contributed by atoms with E-state index in [1.54, 1.807) is 11.3 Å². The molecule has 1 saturated carbocycles. The summed E-state index contributed by atoms with van der Waals surface area (Å²) in [6, 6.07) is 4.18. The van der Waals surface area contributed by atoms with Crippen molar-refractivity contribution in [2.75, 3.05) is 19.6 Å². The summed E-state index contributed by atoms with van der Waals surface area (Å²) in [7, 11) is 0. The fourth-order valence-corrected chi connectivity index (χ4v) is 4.93. The first-order valence-electron chi connectivity index (χ1n) is 9.33. The summed E-state index contributed by atoms with van der Waals surface area (Å²) in [6.07, 6.45) is 12.1. The Morgan fingerprint density at radius 1 is 1.13 bits per heavy atom. The highest BCUT2D eigenvalue weighted by Gasteiger charge is 2.38. The molecule has 4 heteroatoms. The van der Waals surface area contributed by atoms with Crippen molar-refractivity contribution < 1.29 is 4.79 Å². The van der Waals surface area contributed by atoms with Gasteiger partial charge >= 0.3 is 0 Å². The zero-order valence-electron chi connectivity index (χ0n) is 14.2. The third-order valence-electron chi connectivity index (χ3n) is 5.60. The molecule has 1 aliphatic carbocycles. The molecule has 0 bridgehead atoms. The summed E-state index contributed by atoms with van der Waals surface area (Å²) in [5.41, 5.74) is 0.247. The van der Waals surface area contributed by atoms with Gasteiger partial charge in [-0.15, -0.1) is 11.3 Å². The summed E-state index contributed by atoms with van der Waals surface area (Å²) < 4.78 is 0. The van der Waals surface area contributed by atoms with E-state index in [9.17, 15) is 4.79 Å². The highest BCUT2D eigenvalue weighted by molar-refractivity contribution is 7.09. The number of hydrogen-bond donors (Lipinski definition) is 1. The van der Waals surface area contributed by atoms with Crippen LogP contribution in [0.3, 0.4) is 0 Å². The first kappa shape index (κ1) is 17.0. The third-order valence-corrected chi connectivity index (χ3v) is 6.54. The van der Waals surface area contributed by atoms with Gasteiger partial charge in [0.1, 0.15) is 0 Å². The number of nitrogens with zero attached hydrogens (tertiary/aromatic N) is 1. The van der Waals surface area contributed by atoms with E-state index in [1.165, 1.54) is 69.3 Å². The van der Waals surface area contributed by atoms with Gasteiger partial charge < -0.3 is 5.32 Å². The molecule has 3 nitrogen and oxygen atoms in total. The van der Waals surface area contributed by atoms with Crippen LogP contribution in [0.1, 0.15) is 62.7 Å². The number of thiophene rings is 1. The zero-order chi connectivity index (χ0) is 16.0. The summed E-state index contributed by atoms with van der Waals surface area (Å²) in [5.74, 6) is 0.223. The predicted molar refractivity (Wildman–Crippen MR) is 96.9 cm³/mol. The van der Waals surface area contributed by atoms with Crippen LogP contribution in [0.5, 0.6) is 0 Å². The number of carbonyl (C=O) groups excluding carboxylic acids is 1. The Balaban J connectivity index is 1.52. The maximum Gasteiger partial charge on any atom is 0.220 e. The Morgan fingerprint density at radius 3 is 2.57 bits per heavy atom. The second-order valence-electron chi connectivity index (χ2n) is 7.19. The van der Waals surface area contributed by atoms with Gasteiger partial charge in [-0.2, -0.15) is 0 Å². The average Bonchev–Trinajstić information content (AvgIpc) is 3.13. The van der Waals surface area contributed by atoms with Crippen LogP contribution in [0.2, 0.25) is 0 Å². The van der Waals surface area contributed by atoms with Gasteiger partial charge in [0, 0.05) is 23.4 Å². The SMILES string of the molecule is O=C(CCc1cccs1)NCC1(N2CCCCC2)CCCCC1. The van der Waals surface area contributed by atoms with Gasteiger partial charge in [-0.05, 0) is 56.6 Å². The van der Waals surface area contributed by atoms with Crippen LogP contribution in [0.15, 0.2) is 17.5 Å². The van der Waals surface area contributed by atoms with Crippen molar-refractivity contribution in [3.63, 3.8) is 0 Å². The molecular formula is C19H30N2OS. The highest BCUT2D eigenvalue weighted by Crippen LogP contribution is 2.35.